The maximum atomic E-state index is 10.9. The van der Waals surface area contributed by atoms with Crippen molar-refractivity contribution in [1.82, 2.24) is 0 Å². The largest absolute Gasteiger partial charge is 0.481 e. The summed E-state index contributed by atoms with van der Waals surface area (Å²) in [6.45, 7) is 4.79. The Hall–Kier alpha value is -1.55. The van der Waals surface area contributed by atoms with Gasteiger partial charge in [0.15, 0.2) is 0 Å². The zero-order chi connectivity index (χ0) is 15.5. The number of benzene rings is 1. The second-order valence-corrected chi connectivity index (χ2v) is 6.47. The van der Waals surface area contributed by atoms with Crippen molar-refractivity contribution in [2.24, 2.45) is 5.92 Å². The number of carboxylic acid groups (broad SMARTS) is 1. The molecular formula is C17H25NO3. The fourth-order valence-electron chi connectivity index (χ4n) is 2.83. The molecule has 0 saturated heterocycles. The summed E-state index contributed by atoms with van der Waals surface area (Å²) in [5.41, 5.74) is 1.50. The van der Waals surface area contributed by atoms with E-state index in [2.05, 4.69) is 31.3 Å². The standard InChI is InChI=1S/C17H25NO3/c1-12(2)13-3-5-15(6-4-13)18-11-17(21)9-7-14(8-10-17)16(19)20/h3-6,12,14,18,21H,7-11H2,1-2H3,(H,19,20). The van der Waals surface area contributed by atoms with E-state index >= 15 is 0 Å². The Bertz CT molecular complexity index is 473. The first-order chi connectivity index (χ1) is 9.89. The molecule has 0 aromatic heterocycles. The van der Waals surface area contributed by atoms with Gasteiger partial charge in [0.2, 0.25) is 0 Å². The van der Waals surface area contributed by atoms with Crippen LogP contribution in [0.5, 0.6) is 0 Å². The Morgan fingerprint density at radius 1 is 1.29 bits per heavy atom. The van der Waals surface area contributed by atoms with Gasteiger partial charge < -0.3 is 15.5 Å². The molecule has 116 valence electrons. The number of hydrogen-bond donors (Lipinski definition) is 3. The lowest BCUT2D eigenvalue weighted by molar-refractivity contribution is -0.144. The lowest BCUT2D eigenvalue weighted by atomic mass is 9.79. The minimum atomic E-state index is -0.789. The number of aliphatic carboxylic acids is 1. The first-order valence-corrected chi connectivity index (χ1v) is 7.69. The highest BCUT2D eigenvalue weighted by molar-refractivity contribution is 5.70. The molecule has 0 unspecified atom stereocenters. The molecule has 2 rings (SSSR count). The number of carboxylic acids is 1. The highest BCUT2D eigenvalue weighted by Crippen LogP contribution is 2.32. The van der Waals surface area contributed by atoms with E-state index in [0.717, 1.165) is 5.69 Å². The van der Waals surface area contributed by atoms with Gasteiger partial charge in [-0.15, -0.1) is 0 Å². The number of aliphatic hydroxyl groups is 1. The van der Waals surface area contributed by atoms with Crippen LogP contribution < -0.4 is 5.32 Å². The van der Waals surface area contributed by atoms with E-state index < -0.39 is 11.6 Å². The fourth-order valence-corrected chi connectivity index (χ4v) is 2.83. The predicted molar refractivity (Wildman–Crippen MR) is 83.6 cm³/mol. The van der Waals surface area contributed by atoms with Gasteiger partial charge in [-0.25, -0.2) is 0 Å². The predicted octanol–water partition coefficient (Wildman–Crippen LogP) is 3.23. The number of nitrogens with one attached hydrogen (secondary N) is 1. The van der Waals surface area contributed by atoms with Crippen LogP contribution in [0.3, 0.4) is 0 Å². The van der Waals surface area contributed by atoms with Gasteiger partial charge in [0.05, 0.1) is 11.5 Å². The van der Waals surface area contributed by atoms with E-state index in [1.807, 2.05) is 12.1 Å². The average molecular weight is 291 g/mol. The quantitative estimate of drug-likeness (QED) is 0.779. The lowest BCUT2D eigenvalue weighted by Crippen LogP contribution is -2.41. The molecular weight excluding hydrogens is 266 g/mol. The topological polar surface area (TPSA) is 69.6 Å². The Kier molecular flexibility index (Phi) is 4.88. The van der Waals surface area contributed by atoms with Crippen molar-refractivity contribution >= 4 is 11.7 Å². The molecule has 0 atom stereocenters. The molecule has 0 spiro atoms. The minimum absolute atomic E-state index is 0.296. The molecule has 1 aliphatic carbocycles. The van der Waals surface area contributed by atoms with Crippen LogP contribution >= 0.6 is 0 Å². The molecule has 0 radical (unpaired) electrons. The Morgan fingerprint density at radius 2 is 1.86 bits per heavy atom. The summed E-state index contributed by atoms with van der Waals surface area (Å²) in [7, 11) is 0. The maximum Gasteiger partial charge on any atom is 0.306 e. The molecule has 1 saturated carbocycles. The third kappa shape index (κ3) is 4.21. The highest BCUT2D eigenvalue weighted by atomic mass is 16.4. The SMILES string of the molecule is CC(C)c1ccc(NCC2(O)CCC(C(=O)O)CC2)cc1. The number of anilines is 1. The van der Waals surface area contributed by atoms with Crippen LogP contribution in [0.2, 0.25) is 0 Å². The van der Waals surface area contributed by atoms with Crippen molar-refractivity contribution in [3.63, 3.8) is 0 Å². The van der Waals surface area contributed by atoms with Crippen LogP contribution in [-0.4, -0.2) is 28.3 Å². The maximum absolute atomic E-state index is 10.9. The van der Waals surface area contributed by atoms with Crippen molar-refractivity contribution in [3.8, 4) is 0 Å². The Morgan fingerprint density at radius 3 is 2.33 bits per heavy atom. The molecule has 4 heteroatoms. The molecule has 21 heavy (non-hydrogen) atoms. The molecule has 1 aliphatic rings. The highest BCUT2D eigenvalue weighted by Gasteiger charge is 2.35. The normalized spacial score (nSPS) is 25.8. The lowest BCUT2D eigenvalue weighted by Gasteiger charge is -2.35. The monoisotopic (exact) mass is 291 g/mol. The van der Waals surface area contributed by atoms with Crippen LogP contribution in [0.4, 0.5) is 5.69 Å². The zero-order valence-electron chi connectivity index (χ0n) is 12.8. The second kappa shape index (κ2) is 6.48. The molecule has 1 fully saturated rings. The van der Waals surface area contributed by atoms with Crippen molar-refractivity contribution in [2.45, 2.75) is 51.0 Å². The Labute approximate surface area is 126 Å². The Balaban J connectivity index is 1.86. The van der Waals surface area contributed by atoms with Gasteiger partial charge in [-0.05, 0) is 49.3 Å². The van der Waals surface area contributed by atoms with E-state index in [1.165, 1.54) is 5.56 Å². The second-order valence-electron chi connectivity index (χ2n) is 6.47. The molecule has 4 nitrogen and oxygen atoms in total. The van der Waals surface area contributed by atoms with Crippen LogP contribution in [0.25, 0.3) is 0 Å². The molecule has 1 aromatic rings. The van der Waals surface area contributed by atoms with Gasteiger partial charge >= 0.3 is 5.97 Å². The van der Waals surface area contributed by atoms with Crippen LogP contribution in [-0.2, 0) is 4.79 Å². The van der Waals surface area contributed by atoms with Gasteiger partial charge in [-0.3, -0.25) is 4.79 Å². The summed E-state index contributed by atoms with van der Waals surface area (Å²) in [6, 6.07) is 8.25. The summed E-state index contributed by atoms with van der Waals surface area (Å²) in [5, 5.41) is 22.8. The molecule has 3 N–H and O–H groups in total. The molecule has 0 amide bonds. The van der Waals surface area contributed by atoms with Crippen molar-refractivity contribution in [2.75, 3.05) is 11.9 Å². The van der Waals surface area contributed by atoms with E-state index in [1.54, 1.807) is 0 Å². The third-order valence-electron chi connectivity index (χ3n) is 4.46. The average Bonchev–Trinajstić information content (AvgIpc) is 2.46. The van der Waals surface area contributed by atoms with Gasteiger partial charge in [0, 0.05) is 12.2 Å². The molecule has 0 bridgehead atoms. The van der Waals surface area contributed by atoms with Gasteiger partial charge in [-0.1, -0.05) is 26.0 Å². The summed E-state index contributed by atoms with van der Waals surface area (Å²) < 4.78 is 0. The van der Waals surface area contributed by atoms with Crippen LogP contribution in [0.1, 0.15) is 51.0 Å². The summed E-state index contributed by atoms with van der Waals surface area (Å²) in [4.78, 5) is 10.9. The fraction of sp³-hybridized carbons (Fsp3) is 0.588. The van der Waals surface area contributed by atoms with Crippen molar-refractivity contribution in [1.29, 1.82) is 0 Å². The first-order valence-electron chi connectivity index (χ1n) is 7.69. The van der Waals surface area contributed by atoms with Crippen molar-refractivity contribution in [3.05, 3.63) is 29.8 Å². The van der Waals surface area contributed by atoms with E-state index in [9.17, 15) is 9.90 Å². The summed E-state index contributed by atoms with van der Waals surface area (Å²) in [5.74, 6) is -0.528. The van der Waals surface area contributed by atoms with Crippen LogP contribution in [0, 0.1) is 5.92 Å². The van der Waals surface area contributed by atoms with E-state index in [4.69, 9.17) is 5.11 Å². The van der Waals surface area contributed by atoms with E-state index in [-0.39, 0.29) is 5.92 Å². The smallest absolute Gasteiger partial charge is 0.306 e. The molecule has 0 heterocycles. The summed E-state index contributed by atoms with van der Waals surface area (Å²) >= 11 is 0. The summed E-state index contributed by atoms with van der Waals surface area (Å²) in [6.07, 6.45) is 2.20. The van der Waals surface area contributed by atoms with Gasteiger partial charge in [0.25, 0.3) is 0 Å². The molecule has 1 aromatic carbocycles. The van der Waals surface area contributed by atoms with Crippen molar-refractivity contribution < 1.29 is 15.0 Å². The zero-order valence-corrected chi connectivity index (χ0v) is 12.8. The first kappa shape index (κ1) is 15.8. The third-order valence-corrected chi connectivity index (χ3v) is 4.46. The number of rotatable bonds is 5. The van der Waals surface area contributed by atoms with Crippen LogP contribution in [0.15, 0.2) is 24.3 Å². The van der Waals surface area contributed by atoms with Gasteiger partial charge in [-0.2, -0.15) is 0 Å². The van der Waals surface area contributed by atoms with Gasteiger partial charge in [0.1, 0.15) is 0 Å². The minimum Gasteiger partial charge on any atom is -0.481 e. The molecule has 0 aliphatic heterocycles. The van der Waals surface area contributed by atoms with E-state index in [0.29, 0.717) is 38.1 Å². The number of hydrogen-bond acceptors (Lipinski definition) is 3. The number of carbonyl (C=O) groups is 1.